The smallest absolute Gasteiger partial charge is 0.343 e. The Morgan fingerprint density at radius 1 is 1.31 bits per heavy atom. The first kappa shape index (κ1) is 20.1. The van der Waals surface area contributed by atoms with Crippen LogP contribution in [0.3, 0.4) is 0 Å². The molecule has 2 aromatic rings. The molecule has 1 heterocycles. The Morgan fingerprint density at radius 3 is 2.77 bits per heavy atom. The Hall–Kier alpha value is -2.25. The van der Waals surface area contributed by atoms with Gasteiger partial charge in [-0.3, -0.25) is 9.48 Å². The number of carbonyl (C=O) groups is 2. The maximum Gasteiger partial charge on any atom is 0.343 e. The molecule has 1 amide bonds. The molecule has 0 spiro atoms. The highest BCUT2D eigenvalue weighted by Gasteiger charge is 2.19. The first-order valence-corrected chi connectivity index (χ1v) is 8.74. The molecule has 0 unspecified atom stereocenters. The molecule has 1 N–H and O–H groups in total. The van der Waals surface area contributed by atoms with Gasteiger partial charge in [-0.2, -0.15) is 5.10 Å². The van der Waals surface area contributed by atoms with Gasteiger partial charge in [-0.05, 0) is 31.5 Å². The van der Waals surface area contributed by atoms with Crippen molar-refractivity contribution in [2.75, 3.05) is 18.5 Å². The van der Waals surface area contributed by atoms with Crippen LogP contribution in [-0.4, -0.2) is 34.9 Å². The summed E-state index contributed by atoms with van der Waals surface area (Å²) in [6, 6.07) is 4.94. The van der Waals surface area contributed by atoms with E-state index in [1.165, 1.54) is 10.9 Å². The zero-order valence-corrected chi connectivity index (χ0v) is 15.9. The van der Waals surface area contributed by atoms with Crippen molar-refractivity contribution in [3.63, 3.8) is 0 Å². The third-order valence-electron chi connectivity index (χ3n) is 3.39. The van der Waals surface area contributed by atoms with Crippen LogP contribution in [0.1, 0.15) is 30.1 Å². The van der Waals surface area contributed by atoms with Crippen molar-refractivity contribution < 1.29 is 19.1 Å². The monoisotopic (exact) mass is 399 g/mol. The van der Waals surface area contributed by atoms with Crippen molar-refractivity contribution in [3.8, 4) is 5.75 Å². The summed E-state index contributed by atoms with van der Waals surface area (Å²) in [5.74, 6) is 0.0179. The Bertz CT molecular complexity index is 792. The van der Waals surface area contributed by atoms with Crippen LogP contribution in [-0.2, 0) is 16.6 Å². The van der Waals surface area contributed by atoms with Gasteiger partial charge in [0.2, 0.25) is 5.91 Å². The van der Waals surface area contributed by atoms with Crippen LogP contribution in [0.25, 0.3) is 0 Å². The molecule has 7 nitrogen and oxygen atoms in total. The average molecular weight is 400 g/mol. The third-order valence-corrected chi connectivity index (χ3v) is 3.92. The van der Waals surface area contributed by atoms with Crippen LogP contribution in [0.4, 0.5) is 5.82 Å². The van der Waals surface area contributed by atoms with Gasteiger partial charge in [0.15, 0.2) is 0 Å². The zero-order valence-electron chi connectivity index (χ0n) is 14.4. The number of benzene rings is 1. The molecule has 0 fully saturated rings. The predicted octanol–water partition coefficient (Wildman–Crippen LogP) is 3.70. The number of ether oxygens (including phenoxy) is 2. The highest BCUT2D eigenvalue weighted by Crippen LogP contribution is 2.27. The number of anilines is 1. The molecule has 26 heavy (non-hydrogen) atoms. The lowest BCUT2D eigenvalue weighted by Crippen LogP contribution is -2.18. The number of esters is 1. The summed E-state index contributed by atoms with van der Waals surface area (Å²) >= 11 is 11.8. The molecule has 9 heteroatoms. The molecule has 0 radical (unpaired) electrons. The second-order valence-corrected chi connectivity index (χ2v) is 6.17. The van der Waals surface area contributed by atoms with Crippen molar-refractivity contribution in [1.29, 1.82) is 0 Å². The summed E-state index contributed by atoms with van der Waals surface area (Å²) in [6.45, 7) is 2.26. The number of hydrogen-bond acceptors (Lipinski definition) is 5. The molecule has 0 aliphatic carbocycles. The average Bonchev–Trinajstić information content (AvgIpc) is 2.94. The quantitative estimate of drug-likeness (QED) is 0.540. The minimum atomic E-state index is -0.531. The zero-order chi connectivity index (χ0) is 19.1. The van der Waals surface area contributed by atoms with E-state index in [1.807, 2.05) is 0 Å². The molecular formula is C17H19Cl2N3O4. The van der Waals surface area contributed by atoms with Crippen LogP contribution in [0.2, 0.25) is 10.0 Å². The van der Waals surface area contributed by atoms with E-state index < -0.39 is 5.97 Å². The highest BCUT2D eigenvalue weighted by atomic mass is 35.5. The van der Waals surface area contributed by atoms with Crippen molar-refractivity contribution in [2.24, 2.45) is 7.05 Å². The molecule has 0 bridgehead atoms. The van der Waals surface area contributed by atoms with E-state index in [0.717, 1.165) is 0 Å². The number of nitrogens with zero attached hydrogens (tertiary/aromatic N) is 2. The number of aryl methyl sites for hydroxylation is 1. The number of hydrogen-bond donors (Lipinski definition) is 1. The number of amides is 1. The summed E-state index contributed by atoms with van der Waals surface area (Å²) in [5.41, 5.74) is 0.215. The molecule has 140 valence electrons. The maximum atomic E-state index is 12.1. The SMILES string of the molecule is CCOC(=O)c1cnn(C)c1NC(=O)CCCOc1ccc(Cl)cc1Cl. The second kappa shape index (κ2) is 9.45. The van der Waals surface area contributed by atoms with E-state index in [1.54, 1.807) is 32.2 Å². The van der Waals surface area contributed by atoms with Gasteiger partial charge in [0.25, 0.3) is 0 Å². The summed E-state index contributed by atoms with van der Waals surface area (Å²) in [6.07, 6.45) is 2.04. The highest BCUT2D eigenvalue weighted by molar-refractivity contribution is 6.35. The maximum absolute atomic E-state index is 12.1. The lowest BCUT2D eigenvalue weighted by molar-refractivity contribution is -0.116. The lowest BCUT2D eigenvalue weighted by atomic mass is 10.3. The molecule has 1 aromatic carbocycles. The van der Waals surface area contributed by atoms with Gasteiger partial charge in [-0.25, -0.2) is 4.79 Å². The van der Waals surface area contributed by atoms with E-state index in [-0.39, 0.29) is 24.5 Å². The standard InChI is InChI=1S/C17H19Cl2N3O4/c1-3-25-17(24)12-10-20-22(2)16(12)21-15(23)5-4-8-26-14-7-6-11(18)9-13(14)19/h6-7,9-10H,3-5,8H2,1-2H3,(H,21,23). The number of nitrogens with one attached hydrogen (secondary N) is 1. The van der Waals surface area contributed by atoms with Gasteiger partial charge >= 0.3 is 5.97 Å². The van der Waals surface area contributed by atoms with E-state index in [0.29, 0.717) is 34.6 Å². The minimum absolute atomic E-state index is 0.207. The van der Waals surface area contributed by atoms with Crippen molar-refractivity contribution >= 4 is 40.9 Å². The normalized spacial score (nSPS) is 10.5. The molecular weight excluding hydrogens is 381 g/mol. The summed E-state index contributed by atoms with van der Waals surface area (Å²) < 4.78 is 11.9. The Balaban J connectivity index is 1.84. The minimum Gasteiger partial charge on any atom is -0.492 e. The number of carbonyl (C=O) groups excluding carboxylic acids is 2. The predicted molar refractivity (Wildman–Crippen MR) is 99.0 cm³/mol. The number of halogens is 2. The lowest BCUT2D eigenvalue weighted by Gasteiger charge is -2.10. The molecule has 0 aliphatic heterocycles. The third kappa shape index (κ3) is 5.37. The van der Waals surface area contributed by atoms with E-state index in [2.05, 4.69) is 10.4 Å². The van der Waals surface area contributed by atoms with Crippen LogP contribution < -0.4 is 10.1 Å². The van der Waals surface area contributed by atoms with E-state index in [4.69, 9.17) is 32.7 Å². The molecule has 0 aliphatic rings. The summed E-state index contributed by atoms with van der Waals surface area (Å²) in [7, 11) is 1.63. The summed E-state index contributed by atoms with van der Waals surface area (Å²) in [5, 5.41) is 7.59. The van der Waals surface area contributed by atoms with Crippen LogP contribution in [0.15, 0.2) is 24.4 Å². The first-order chi connectivity index (χ1) is 12.4. The van der Waals surface area contributed by atoms with Crippen LogP contribution in [0.5, 0.6) is 5.75 Å². The van der Waals surface area contributed by atoms with E-state index in [9.17, 15) is 9.59 Å². The van der Waals surface area contributed by atoms with Crippen LogP contribution >= 0.6 is 23.2 Å². The van der Waals surface area contributed by atoms with Gasteiger partial charge in [-0.15, -0.1) is 0 Å². The van der Waals surface area contributed by atoms with Gasteiger partial charge in [-0.1, -0.05) is 23.2 Å². The molecule has 0 atom stereocenters. The fourth-order valence-electron chi connectivity index (χ4n) is 2.15. The topological polar surface area (TPSA) is 82.5 Å². The summed E-state index contributed by atoms with van der Waals surface area (Å²) in [4.78, 5) is 24.0. The molecule has 0 saturated heterocycles. The van der Waals surface area contributed by atoms with E-state index >= 15 is 0 Å². The Kier molecular flexibility index (Phi) is 7.29. The van der Waals surface area contributed by atoms with Crippen molar-refractivity contribution in [3.05, 3.63) is 40.0 Å². The van der Waals surface area contributed by atoms with Crippen molar-refractivity contribution in [2.45, 2.75) is 19.8 Å². The largest absolute Gasteiger partial charge is 0.492 e. The number of aromatic nitrogens is 2. The van der Waals surface area contributed by atoms with Gasteiger partial charge in [0, 0.05) is 18.5 Å². The van der Waals surface area contributed by atoms with Gasteiger partial charge in [0.1, 0.15) is 17.1 Å². The number of rotatable bonds is 8. The van der Waals surface area contributed by atoms with Gasteiger partial charge < -0.3 is 14.8 Å². The molecule has 1 aromatic heterocycles. The molecule has 0 saturated carbocycles. The first-order valence-electron chi connectivity index (χ1n) is 7.99. The van der Waals surface area contributed by atoms with Gasteiger partial charge in [0.05, 0.1) is 24.4 Å². The second-order valence-electron chi connectivity index (χ2n) is 5.33. The van der Waals surface area contributed by atoms with Crippen molar-refractivity contribution in [1.82, 2.24) is 9.78 Å². The Morgan fingerprint density at radius 2 is 2.08 bits per heavy atom. The van der Waals surface area contributed by atoms with Crippen LogP contribution in [0, 0.1) is 0 Å². The Labute approximate surface area is 161 Å². The fraction of sp³-hybridized carbons (Fsp3) is 0.353. The fourth-order valence-corrected chi connectivity index (χ4v) is 2.61. The molecule has 2 rings (SSSR count).